The van der Waals surface area contributed by atoms with Crippen LogP contribution in [0.15, 0.2) is 30.7 Å². The molecular formula is C9H11N3O. The Hall–Kier alpha value is -1.71. The molecule has 4 nitrogen and oxygen atoms in total. The van der Waals surface area contributed by atoms with Crippen LogP contribution in [0.4, 0.5) is 0 Å². The van der Waals surface area contributed by atoms with E-state index in [-0.39, 0.29) is 5.91 Å². The summed E-state index contributed by atoms with van der Waals surface area (Å²) in [6.45, 7) is 2.42. The first-order valence-corrected chi connectivity index (χ1v) is 4.00. The molecule has 0 unspecified atom stereocenters. The SMILES string of the molecule is C/C=C/CNC(=O)c1cnccn1. The molecule has 0 atom stereocenters. The van der Waals surface area contributed by atoms with Gasteiger partial charge in [0.1, 0.15) is 5.69 Å². The summed E-state index contributed by atoms with van der Waals surface area (Å²) in [6, 6.07) is 0. The van der Waals surface area contributed by atoms with Crippen LogP contribution in [0.5, 0.6) is 0 Å². The summed E-state index contributed by atoms with van der Waals surface area (Å²) >= 11 is 0. The van der Waals surface area contributed by atoms with Gasteiger partial charge in [0.2, 0.25) is 0 Å². The minimum absolute atomic E-state index is 0.203. The molecule has 1 heterocycles. The van der Waals surface area contributed by atoms with Crippen LogP contribution in [0.3, 0.4) is 0 Å². The van der Waals surface area contributed by atoms with Crippen LogP contribution in [-0.4, -0.2) is 22.4 Å². The zero-order chi connectivity index (χ0) is 9.52. The van der Waals surface area contributed by atoms with Crippen molar-refractivity contribution >= 4 is 5.91 Å². The molecule has 0 bridgehead atoms. The van der Waals surface area contributed by atoms with Crippen LogP contribution < -0.4 is 5.32 Å². The molecule has 1 aromatic heterocycles. The molecule has 4 heteroatoms. The number of rotatable bonds is 3. The van der Waals surface area contributed by atoms with Gasteiger partial charge in [-0.1, -0.05) is 12.2 Å². The number of allylic oxidation sites excluding steroid dienone is 1. The second-order valence-electron chi connectivity index (χ2n) is 2.37. The predicted octanol–water partition coefficient (Wildman–Crippen LogP) is 0.782. The Morgan fingerprint density at radius 1 is 1.62 bits per heavy atom. The average molecular weight is 177 g/mol. The summed E-state index contributed by atoms with van der Waals surface area (Å²) < 4.78 is 0. The van der Waals surface area contributed by atoms with E-state index in [1.54, 1.807) is 0 Å². The highest BCUT2D eigenvalue weighted by Gasteiger charge is 2.03. The quantitative estimate of drug-likeness (QED) is 0.694. The molecule has 0 radical (unpaired) electrons. The molecule has 0 aliphatic carbocycles. The predicted molar refractivity (Wildman–Crippen MR) is 49.2 cm³/mol. The van der Waals surface area contributed by atoms with Crippen LogP contribution in [0, 0.1) is 0 Å². The lowest BCUT2D eigenvalue weighted by Crippen LogP contribution is -2.24. The van der Waals surface area contributed by atoms with E-state index in [4.69, 9.17) is 0 Å². The second-order valence-corrected chi connectivity index (χ2v) is 2.37. The third kappa shape index (κ3) is 3.02. The van der Waals surface area contributed by atoms with Gasteiger partial charge in [0.05, 0.1) is 6.20 Å². The summed E-state index contributed by atoms with van der Waals surface area (Å²) in [7, 11) is 0. The highest BCUT2D eigenvalue weighted by atomic mass is 16.1. The Kier molecular flexibility index (Phi) is 3.63. The summed E-state index contributed by atoms with van der Waals surface area (Å²) in [5.41, 5.74) is 0.340. The van der Waals surface area contributed by atoms with E-state index in [0.717, 1.165) is 0 Å². The smallest absolute Gasteiger partial charge is 0.271 e. The van der Waals surface area contributed by atoms with Gasteiger partial charge in [-0.2, -0.15) is 0 Å². The number of hydrogen-bond acceptors (Lipinski definition) is 3. The molecular weight excluding hydrogens is 166 g/mol. The fraction of sp³-hybridized carbons (Fsp3) is 0.222. The number of carbonyl (C=O) groups excluding carboxylic acids is 1. The molecule has 68 valence electrons. The maximum atomic E-state index is 11.3. The van der Waals surface area contributed by atoms with Crippen LogP contribution in [0.1, 0.15) is 17.4 Å². The lowest BCUT2D eigenvalue weighted by Gasteiger charge is -1.99. The topological polar surface area (TPSA) is 54.9 Å². The minimum Gasteiger partial charge on any atom is -0.347 e. The van der Waals surface area contributed by atoms with Gasteiger partial charge < -0.3 is 5.32 Å². The first-order chi connectivity index (χ1) is 6.34. The van der Waals surface area contributed by atoms with Gasteiger partial charge >= 0.3 is 0 Å². The Bertz CT molecular complexity index is 295. The number of carbonyl (C=O) groups is 1. The first kappa shape index (κ1) is 9.38. The lowest BCUT2D eigenvalue weighted by atomic mass is 10.4. The first-order valence-electron chi connectivity index (χ1n) is 4.00. The Balaban J connectivity index is 2.49. The van der Waals surface area contributed by atoms with Gasteiger partial charge in [0, 0.05) is 18.9 Å². The Morgan fingerprint density at radius 3 is 3.08 bits per heavy atom. The van der Waals surface area contributed by atoms with E-state index >= 15 is 0 Å². The zero-order valence-corrected chi connectivity index (χ0v) is 7.40. The summed E-state index contributed by atoms with van der Waals surface area (Å²) in [6.07, 6.45) is 8.18. The number of nitrogens with one attached hydrogen (secondary N) is 1. The minimum atomic E-state index is -0.203. The number of hydrogen-bond donors (Lipinski definition) is 1. The van der Waals surface area contributed by atoms with Gasteiger partial charge in [0.25, 0.3) is 5.91 Å². The molecule has 1 rings (SSSR count). The fourth-order valence-corrected chi connectivity index (χ4v) is 0.776. The average Bonchev–Trinajstić information content (AvgIpc) is 2.19. The van der Waals surface area contributed by atoms with Crippen LogP contribution in [0.25, 0.3) is 0 Å². The van der Waals surface area contributed by atoms with Crippen LogP contribution in [-0.2, 0) is 0 Å². The molecule has 0 saturated carbocycles. The van der Waals surface area contributed by atoms with Crippen LogP contribution in [0.2, 0.25) is 0 Å². The van der Waals surface area contributed by atoms with Gasteiger partial charge in [-0.05, 0) is 6.92 Å². The zero-order valence-electron chi connectivity index (χ0n) is 7.40. The van der Waals surface area contributed by atoms with Crippen molar-refractivity contribution in [1.82, 2.24) is 15.3 Å². The molecule has 1 aromatic rings. The fourth-order valence-electron chi connectivity index (χ4n) is 0.776. The van der Waals surface area contributed by atoms with Crippen molar-refractivity contribution in [3.8, 4) is 0 Å². The van der Waals surface area contributed by atoms with Crippen molar-refractivity contribution in [3.63, 3.8) is 0 Å². The number of aromatic nitrogens is 2. The van der Waals surface area contributed by atoms with Crippen molar-refractivity contribution in [3.05, 3.63) is 36.4 Å². The van der Waals surface area contributed by atoms with Crippen molar-refractivity contribution < 1.29 is 4.79 Å². The highest BCUT2D eigenvalue weighted by Crippen LogP contribution is 1.88. The van der Waals surface area contributed by atoms with Crippen molar-refractivity contribution in [1.29, 1.82) is 0 Å². The van der Waals surface area contributed by atoms with E-state index in [0.29, 0.717) is 12.2 Å². The summed E-state index contributed by atoms with van der Waals surface area (Å²) in [4.78, 5) is 18.9. The van der Waals surface area contributed by atoms with Crippen molar-refractivity contribution in [2.45, 2.75) is 6.92 Å². The normalized spacial score (nSPS) is 10.2. The third-order valence-corrected chi connectivity index (χ3v) is 1.41. The van der Waals surface area contributed by atoms with Gasteiger partial charge in [-0.25, -0.2) is 4.98 Å². The van der Waals surface area contributed by atoms with E-state index in [9.17, 15) is 4.79 Å². The second kappa shape index (κ2) is 5.03. The maximum Gasteiger partial charge on any atom is 0.271 e. The van der Waals surface area contributed by atoms with Gasteiger partial charge in [-0.15, -0.1) is 0 Å². The highest BCUT2D eigenvalue weighted by molar-refractivity contribution is 5.91. The maximum absolute atomic E-state index is 11.3. The summed E-state index contributed by atoms with van der Waals surface area (Å²) in [5.74, 6) is -0.203. The molecule has 0 saturated heterocycles. The number of amides is 1. The molecule has 0 fully saturated rings. The summed E-state index contributed by atoms with van der Waals surface area (Å²) in [5, 5.41) is 2.67. The van der Waals surface area contributed by atoms with Gasteiger partial charge in [-0.3, -0.25) is 9.78 Å². The van der Waals surface area contributed by atoms with Gasteiger partial charge in [0.15, 0.2) is 0 Å². The monoisotopic (exact) mass is 177 g/mol. The molecule has 13 heavy (non-hydrogen) atoms. The van der Waals surface area contributed by atoms with E-state index < -0.39 is 0 Å². The molecule has 0 spiro atoms. The third-order valence-electron chi connectivity index (χ3n) is 1.41. The van der Waals surface area contributed by atoms with E-state index in [2.05, 4.69) is 15.3 Å². The van der Waals surface area contributed by atoms with Crippen molar-refractivity contribution in [2.75, 3.05) is 6.54 Å². The largest absolute Gasteiger partial charge is 0.347 e. The lowest BCUT2D eigenvalue weighted by molar-refractivity contribution is 0.0952. The molecule has 0 aromatic carbocycles. The van der Waals surface area contributed by atoms with Crippen molar-refractivity contribution in [2.24, 2.45) is 0 Å². The Labute approximate surface area is 76.7 Å². The van der Waals surface area contributed by atoms with Crippen LogP contribution >= 0.6 is 0 Å². The molecule has 1 amide bonds. The Morgan fingerprint density at radius 2 is 2.46 bits per heavy atom. The molecule has 0 aliphatic rings. The molecule has 0 aliphatic heterocycles. The standard InChI is InChI=1S/C9H11N3O/c1-2-3-4-12-9(13)8-7-10-5-6-11-8/h2-3,5-7H,4H2,1H3,(H,12,13)/b3-2+. The van der Waals surface area contributed by atoms with E-state index in [1.807, 2.05) is 19.1 Å². The van der Waals surface area contributed by atoms with E-state index in [1.165, 1.54) is 18.6 Å². The molecule has 1 N–H and O–H groups in total. The number of nitrogens with zero attached hydrogens (tertiary/aromatic N) is 2.